The van der Waals surface area contributed by atoms with Crippen molar-refractivity contribution < 1.29 is 9.47 Å². The van der Waals surface area contributed by atoms with Gasteiger partial charge in [-0.2, -0.15) is 0 Å². The zero-order valence-corrected chi connectivity index (χ0v) is 13.6. The van der Waals surface area contributed by atoms with Gasteiger partial charge in [-0.15, -0.1) is 0 Å². The van der Waals surface area contributed by atoms with Crippen LogP contribution in [-0.2, 0) is 4.74 Å². The van der Waals surface area contributed by atoms with Gasteiger partial charge in [0.05, 0.1) is 7.11 Å². The SMILES string of the molecule is CNC(c1ccc(OC)cc1)C(C)N(C)C1CCOCC1. The van der Waals surface area contributed by atoms with Gasteiger partial charge in [-0.1, -0.05) is 12.1 Å². The number of ether oxygens (including phenoxy) is 2. The van der Waals surface area contributed by atoms with Crippen LogP contribution in [-0.4, -0.2) is 51.4 Å². The van der Waals surface area contributed by atoms with Crippen LogP contribution in [0, 0.1) is 0 Å². The molecular weight excluding hydrogens is 264 g/mol. The number of methoxy groups -OCH3 is 1. The third kappa shape index (κ3) is 3.96. The van der Waals surface area contributed by atoms with Crippen LogP contribution in [0.25, 0.3) is 0 Å². The molecule has 1 fully saturated rings. The molecule has 0 amide bonds. The second-order valence-corrected chi connectivity index (χ2v) is 5.79. The van der Waals surface area contributed by atoms with E-state index in [1.165, 1.54) is 5.56 Å². The third-order valence-electron chi connectivity index (χ3n) is 4.68. The molecule has 118 valence electrons. The van der Waals surface area contributed by atoms with Gasteiger partial charge in [0.2, 0.25) is 0 Å². The molecule has 2 atom stereocenters. The Morgan fingerprint density at radius 3 is 2.38 bits per heavy atom. The highest BCUT2D eigenvalue weighted by molar-refractivity contribution is 5.29. The summed E-state index contributed by atoms with van der Waals surface area (Å²) >= 11 is 0. The average Bonchev–Trinajstić information content (AvgIpc) is 2.56. The van der Waals surface area contributed by atoms with Gasteiger partial charge in [-0.3, -0.25) is 4.90 Å². The van der Waals surface area contributed by atoms with Crippen molar-refractivity contribution >= 4 is 0 Å². The Morgan fingerprint density at radius 1 is 1.24 bits per heavy atom. The van der Waals surface area contributed by atoms with Crippen LogP contribution in [0.3, 0.4) is 0 Å². The van der Waals surface area contributed by atoms with Crippen molar-refractivity contribution in [1.82, 2.24) is 10.2 Å². The van der Waals surface area contributed by atoms with E-state index in [4.69, 9.17) is 9.47 Å². The topological polar surface area (TPSA) is 33.7 Å². The van der Waals surface area contributed by atoms with Gasteiger partial charge >= 0.3 is 0 Å². The van der Waals surface area contributed by atoms with Crippen LogP contribution >= 0.6 is 0 Å². The molecule has 21 heavy (non-hydrogen) atoms. The smallest absolute Gasteiger partial charge is 0.118 e. The molecule has 1 aromatic rings. The molecule has 1 heterocycles. The highest BCUT2D eigenvalue weighted by atomic mass is 16.5. The molecule has 1 aliphatic heterocycles. The van der Waals surface area contributed by atoms with Crippen molar-refractivity contribution in [3.63, 3.8) is 0 Å². The summed E-state index contributed by atoms with van der Waals surface area (Å²) in [6, 6.07) is 9.70. The van der Waals surface area contributed by atoms with Gasteiger partial charge in [0.25, 0.3) is 0 Å². The lowest BCUT2D eigenvalue weighted by molar-refractivity contribution is 0.0253. The fraction of sp³-hybridized carbons (Fsp3) is 0.647. The molecule has 0 aromatic heterocycles. The summed E-state index contributed by atoms with van der Waals surface area (Å²) < 4.78 is 10.7. The lowest BCUT2D eigenvalue weighted by Crippen LogP contribution is -2.47. The molecule has 0 radical (unpaired) electrons. The number of nitrogens with zero attached hydrogens (tertiary/aromatic N) is 1. The quantitative estimate of drug-likeness (QED) is 0.873. The Hall–Kier alpha value is -1.10. The van der Waals surface area contributed by atoms with Crippen molar-refractivity contribution in [3.05, 3.63) is 29.8 Å². The van der Waals surface area contributed by atoms with E-state index in [1.54, 1.807) is 7.11 Å². The maximum absolute atomic E-state index is 5.47. The van der Waals surface area contributed by atoms with E-state index in [0.29, 0.717) is 18.1 Å². The van der Waals surface area contributed by atoms with Crippen molar-refractivity contribution in [2.75, 3.05) is 34.4 Å². The molecule has 0 saturated carbocycles. The first-order valence-electron chi connectivity index (χ1n) is 7.78. The highest BCUT2D eigenvalue weighted by Gasteiger charge is 2.27. The summed E-state index contributed by atoms with van der Waals surface area (Å²) in [5.74, 6) is 0.902. The predicted octanol–water partition coefficient (Wildman–Crippen LogP) is 2.46. The zero-order chi connectivity index (χ0) is 15.2. The molecular formula is C17H28N2O2. The van der Waals surface area contributed by atoms with E-state index < -0.39 is 0 Å². The lowest BCUT2D eigenvalue weighted by Gasteiger charge is -2.39. The number of rotatable bonds is 6. The van der Waals surface area contributed by atoms with Crippen LogP contribution in [0.5, 0.6) is 5.75 Å². The molecule has 0 bridgehead atoms. The first-order chi connectivity index (χ1) is 10.2. The van der Waals surface area contributed by atoms with E-state index in [1.807, 2.05) is 19.2 Å². The summed E-state index contributed by atoms with van der Waals surface area (Å²) in [6.45, 7) is 4.06. The normalized spacial score (nSPS) is 19.5. The van der Waals surface area contributed by atoms with E-state index in [0.717, 1.165) is 31.8 Å². The number of hydrogen-bond acceptors (Lipinski definition) is 4. The lowest BCUT2D eigenvalue weighted by atomic mass is 9.96. The van der Waals surface area contributed by atoms with Crippen molar-refractivity contribution in [1.29, 1.82) is 0 Å². The number of hydrogen-bond donors (Lipinski definition) is 1. The maximum atomic E-state index is 5.47. The second-order valence-electron chi connectivity index (χ2n) is 5.79. The predicted molar refractivity (Wildman–Crippen MR) is 85.9 cm³/mol. The van der Waals surface area contributed by atoms with E-state index in [-0.39, 0.29) is 0 Å². The minimum atomic E-state index is 0.309. The zero-order valence-electron chi connectivity index (χ0n) is 13.6. The largest absolute Gasteiger partial charge is 0.497 e. The van der Waals surface area contributed by atoms with E-state index in [2.05, 4.69) is 36.3 Å². The Bertz CT molecular complexity index is 415. The maximum Gasteiger partial charge on any atom is 0.118 e. The average molecular weight is 292 g/mol. The number of benzene rings is 1. The fourth-order valence-electron chi connectivity index (χ4n) is 3.16. The summed E-state index contributed by atoms with van der Waals surface area (Å²) in [5, 5.41) is 3.46. The molecule has 4 heteroatoms. The van der Waals surface area contributed by atoms with Crippen molar-refractivity contribution in [2.45, 2.75) is 37.9 Å². The molecule has 2 rings (SSSR count). The first-order valence-corrected chi connectivity index (χ1v) is 7.78. The molecule has 0 aliphatic carbocycles. The molecule has 1 N–H and O–H groups in total. The summed E-state index contributed by atoms with van der Waals surface area (Å²) in [7, 11) is 5.96. The van der Waals surface area contributed by atoms with Crippen molar-refractivity contribution in [2.24, 2.45) is 0 Å². The summed E-state index contributed by atoms with van der Waals surface area (Å²) in [5.41, 5.74) is 1.30. The van der Waals surface area contributed by atoms with Gasteiger partial charge in [-0.25, -0.2) is 0 Å². The third-order valence-corrected chi connectivity index (χ3v) is 4.68. The Morgan fingerprint density at radius 2 is 1.86 bits per heavy atom. The molecule has 1 aliphatic rings. The van der Waals surface area contributed by atoms with Gasteiger partial charge in [0, 0.05) is 31.3 Å². The highest BCUT2D eigenvalue weighted by Crippen LogP contribution is 2.25. The molecule has 0 spiro atoms. The van der Waals surface area contributed by atoms with E-state index in [9.17, 15) is 0 Å². The summed E-state index contributed by atoms with van der Waals surface area (Å²) in [6.07, 6.45) is 2.25. The van der Waals surface area contributed by atoms with E-state index >= 15 is 0 Å². The Balaban J connectivity index is 2.07. The van der Waals surface area contributed by atoms with Gasteiger partial charge < -0.3 is 14.8 Å². The fourth-order valence-corrected chi connectivity index (χ4v) is 3.16. The summed E-state index contributed by atoms with van der Waals surface area (Å²) in [4.78, 5) is 2.49. The Labute approximate surface area is 128 Å². The molecule has 1 aromatic carbocycles. The number of nitrogens with one attached hydrogen (secondary N) is 1. The minimum Gasteiger partial charge on any atom is -0.497 e. The van der Waals surface area contributed by atoms with Gasteiger partial charge in [0.1, 0.15) is 5.75 Å². The molecule has 4 nitrogen and oxygen atoms in total. The molecule has 1 saturated heterocycles. The first kappa shape index (κ1) is 16.3. The monoisotopic (exact) mass is 292 g/mol. The molecule has 2 unspecified atom stereocenters. The van der Waals surface area contributed by atoms with Crippen LogP contribution in [0.15, 0.2) is 24.3 Å². The van der Waals surface area contributed by atoms with Gasteiger partial charge in [0.15, 0.2) is 0 Å². The van der Waals surface area contributed by atoms with Crippen molar-refractivity contribution in [3.8, 4) is 5.75 Å². The number of likely N-dealkylation sites (N-methyl/N-ethyl adjacent to an activating group) is 2. The second kappa shape index (κ2) is 7.78. The van der Waals surface area contributed by atoms with Crippen LogP contribution < -0.4 is 10.1 Å². The minimum absolute atomic E-state index is 0.309. The van der Waals surface area contributed by atoms with Crippen LogP contribution in [0.1, 0.15) is 31.4 Å². The van der Waals surface area contributed by atoms with Gasteiger partial charge in [-0.05, 0) is 51.6 Å². The standard InChI is InChI=1S/C17H28N2O2/c1-13(19(3)15-9-11-21-12-10-15)17(18-2)14-5-7-16(20-4)8-6-14/h5-8,13,15,17-18H,9-12H2,1-4H3. The van der Waals surface area contributed by atoms with Crippen LogP contribution in [0.4, 0.5) is 0 Å². The Kier molecular flexibility index (Phi) is 6.03. The van der Waals surface area contributed by atoms with Crippen LogP contribution in [0.2, 0.25) is 0 Å².